The number of Topliss-reactive ketones (excluding diaryl/α,β-unsaturated/α-hetero) is 1. The van der Waals surface area contributed by atoms with E-state index < -0.39 is 5.97 Å². The summed E-state index contributed by atoms with van der Waals surface area (Å²) in [5, 5.41) is 4.79. The van der Waals surface area contributed by atoms with Crippen LogP contribution in [0.15, 0.2) is 118 Å². The summed E-state index contributed by atoms with van der Waals surface area (Å²) >= 11 is 7.64. The number of para-hydroxylation sites is 2. The van der Waals surface area contributed by atoms with Crippen LogP contribution in [0.1, 0.15) is 12.1 Å². The largest absolute Gasteiger partial charge is 0.469 e. The number of hydrogen-bond acceptors (Lipinski definition) is 10. The molecule has 6 rings (SSSR count). The van der Waals surface area contributed by atoms with Gasteiger partial charge in [-0.1, -0.05) is 54.3 Å². The Kier molecular flexibility index (Phi) is 12.9. The van der Waals surface area contributed by atoms with Gasteiger partial charge in [-0.2, -0.15) is 4.68 Å². The maximum Gasteiger partial charge on any atom is 0.313 e. The SMILES string of the molecule is COC(=O)CC(=O)CSc1ccccn1.O=c1cc(CSc2ccccn2)[nH]n1-c1nc2ccccc2[nH]1.S=c1cccc[nH]1. The van der Waals surface area contributed by atoms with E-state index in [9.17, 15) is 14.4 Å². The second kappa shape index (κ2) is 17.5. The van der Waals surface area contributed by atoms with Crippen molar-refractivity contribution in [3.63, 3.8) is 0 Å². The summed E-state index contributed by atoms with van der Waals surface area (Å²) in [7, 11) is 1.27. The van der Waals surface area contributed by atoms with Crippen molar-refractivity contribution in [1.82, 2.24) is 34.7 Å². The molecular weight excluding hydrogens is 631 g/mol. The van der Waals surface area contributed by atoms with Crippen LogP contribution in [-0.2, 0) is 20.1 Å². The van der Waals surface area contributed by atoms with Crippen molar-refractivity contribution >= 4 is 58.5 Å². The number of aromatic nitrogens is 7. The number of hydrogen-bond donors (Lipinski definition) is 3. The molecule has 1 aromatic carbocycles. The second-order valence-corrected chi connectivity index (χ2v) is 11.4. The van der Waals surface area contributed by atoms with Gasteiger partial charge in [0, 0.05) is 36.1 Å². The summed E-state index contributed by atoms with van der Waals surface area (Å²) in [6.45, 7) is 0. The molecule has 0 saturated carbocycles. The molecule has 0 radical (unpaired) electrons. The van der Waals surface area contributed by atoms with Crippen molar-refractivity contribution in [1.29, 1.82) is 0 Å². The molecule has 0 aliphatic rings. The lowest BCUT2D eigenvalue weighted by atomic mass is 10.3. The van der Waals surface area contributed by atoms with E-state index in [4.69, 9.17) is 12.2 Å². The Morgan fingerprint density at radius 2 is 1.60 bits per heavy atom. The van der Waals surface area contributed by atoms with E-state index >= 15 is 0 Å². The number of nitrogens with one attached hydrogen (secondary N) is 3. The van der Waals surface area contributed by atoms with Gasteiger partial charge in [0.2, 0.25) is 5.95 Å². The Morgan fingerprint density at radius 3 is 2.20 bits per heavy atom. The molecule has 0 aliphatic heterocycles. The van der Waals surface area contributed by atoms with Gasteiger partial charge in [0.05, 0.1) is 33.9 Å². The number of thioether (sulfide) groups is 2. The summed E-state index contributed by atoms with van der Waals surface area (Å²) in [5.41, 5.74) is 2.41. The number of carbonyl (C=O) groups excluding carboxylic acids is 2. The Morgan fingerprint density at radius 1 is 0.911 bits per heavy atom. The maximum atomic E-state index is 12.2. The molecule has 11 nitrogen and oxygen atoms in total. The van der Waals surface area contributed by atoms with Crippen molar-refractivity contribution in [2.24, 2.45) is 0 Å². The summed E-state index contributed by atoms with van der Waals surface area (Å²) < 4.78 is 6.59. The molecule has 0 spiro atoms. The number of ketones is 1. The highest BCUT2D eigenvalue weighted by atomic mass is 32.2. The molecule has 45 heavy (non-hydrogen) atoms. The van der Waals surface area contributed by atoms with Crippen molar-refractivity contribution in [3.8, 4) is 5.95 Å². The zero-order valence-electron chi connectivity index (χ0n) is 24.1. The molecule has 0 fully saturated rings. The first-order chi connectivity index (χ1) is 21.9. The fourth-order valence-electron chi connectivity index (χ4n) is 3.55. The van der Waals surface area contributed by atoms with Gasteiger partial charge in [0.25, 0.3) is 5.56 Å². The zero-order chi connectivity index (χ0) is 31.9. The van der Waals surface area contributed by atoms with Crippen molar-refractivity contribution in [3.05, 3.63) is 124 Å². The number of aromatic amines is 3. The van der Waals surface area contributed by atoms with Crippen molar-refractivity contribution in [2.45, 2.75) is 22.2 Å². The number of rotatable bonds is 9. The number of ether oxygens (including phenoxy) is 1. The Bertz CT molecular complexity index is 1870. The number of benzene rings is 1. The van der Waals surface area contributed by atoms with Gasteiger partial charge in [0.1, 0.15) is 11.1 Å². The molecular formula is C31H29N7O4S3. The molecule has 0 aliphatic carbocycles. The maximum absolute atomic E-state index is 12.2. The summed E-state index contributed by atoms with van der Waals surface area (Å²) in [5.74, 6) is 0.718. The lowest BCUT2D eigenvalue weighted by molar-refractivity contribution is -0.142. The van der Waals surface area contributed by atoms with E-state index in [-0.39, 0.29) is 23.5 Å². The molecule has 6 aromatic rings. The van der Waals surface area contributed by atoms with Crippen LogP contribution in [0, 0.1) is 4.64 Å². The first-order valence-corrected chi connectivity index (χ1v) is 15.8. The minimum atomic E-state index is -0.498. The normalized spacial score (nSPS) is 10.2. The van der Waals surface area contributed by atoms with Crippen molar-refractivity contribution < 1.29 is 14.3 Å². The van der Waals surface area contributed by atoms with Gasteiger partial charge >= 0.3 is 5.97 Å². The Hall–Kier alpha value is -4.79. The first-order valence-electron chi connectivity index (χ1n) is 13.5. The van der Waals surface area contributed by atoms with Crippen LogP contribution >= 0.6 is 35.7 Å². The highest BCUT2D eigenvalue weighted by molar-refractivity contribution is 7.99. The lowest BCUT2D eigenvalue weighted by Gasteiger charge is -1.99. The van der Waals surface area contributed by atoms with Gasteiger partial charge in [0.15, 0.2) is 5.78 Å². The van der Waals surface area contributed by atoms with E-state index in [1.807, 2.05) is 79.0 Å². The number of carbonyl (C=O) groups is 2. The first kappa shape index (κ1) is 33.1. The van der Waals surface area contributed by atoms with Crippen LogP contribution in [0.4, 0.5) is 0 Å². The number of imidazole rings is 1. The predicted octanol–water partition coefficient (Wildman–Crippen LogP) is 5.78. The van der Waals surface area contributed by atoms with Crippen LogP contribution in [0.2, 0.25) is 0 Å². The molecule has 5 heterocycles. The molecule has 0 amide bonds. The number of methoxy groups -OCH3 is 1. The summed E-state index contributed by atoms with van der Waals surface area (Å²) in [6.07, 6.45) is 5.05. The monoisotopic (exact) mass is 659 g/mol. The van der Waals surface area contributed by atoms with Gasteiger partial charge in [-0.15, -0.1) is 11.8 Å². The van der Waals surface area contributed by atoms with Gasteiger partial charge in [-0.25, -0.2) is 15.0 Å². The fourth-order valence-corrected chi connectivity index (χ4v) is 5.18. The van der Waals surface area contributed by atoms with Crippen LogP contribution in [-0.4, -0.2) is 59.3 Å². The molecule has 14 heteroatoms. The quantitative estimate of drug-likeness (QED) is 0.0754. The van der Waals surface area contributed by atoms with Gasteiger partial charge < -0.3 is 14.7 Å². The van der Waals surface area contributed by atoms with E-state index in [2.05, 4.69) is 34.8 Å². The summed E-state index contributed by atoms with van der Waals surface area (Å²) in [6, 6.07) is 26.1. The molecule has 5 aromatic heterocycles. The third-order valence-electron chi connectivity index (χ3n) is 5.64. The smallest absolute Gasteiger partial charge is 0.313 e. The van der Waals surface area contributed by atoms with E-state index in [0.717, 1.165) is 31.4 Å². The molecule has 0 atom stereocenters. The molecule has 0 saturated heterocycles. The van der Waals surface area contributed by atoms with Gasteiger partial charge in [-0.3, -0.25) is 19.5 Å². The molecule has 0 unspecified atom stereocenters. The van der Waals surface area contributed by atoms with Crippen LogP contribution < -0.4 is 5.56 Å². The standard InChI is InChI=1S/C16H13N5OS.C10H11NO3S.C5H5NS/c22-15-9-11(10-23-14-7-3-4-8-17-14)20-21(15)16-18-12-5-1-2-6-13(12)19-16;1-14-10(13)6-8(12)7-15-9-4-2-3-5-11-9;7-5-3-1-2-4-6-5/h1-9,20H,10H2,(H,18,19);2-5H,6-7H2,1H3;1-4H,(H,6,7). The van der Waals surface area contributed by atoms with Crippen LogP contribution in [0.25, 0.3) is 17.0 Å². The fraction of sp³-hybridized carbons (Fsp3) is 0.129. The van der Waals surface area contributed by atoms with E-state index in [1.165, 1.54) is 23.6 Å². The number of pyridine rings is 3. The highest BCUT2D eigenvalue weighted by Crippen LogP contribution is 2.19. The predicted molar refractivity (Wildman–Crippen MR) is 178 cm³/mol. The third-order valence-corrected chi connectivity index (χ3v) is 7.89. The third kappa shape index (κ3) is 11.0. The minimum absolute atomic E-state index is 0.138. The van der Waals surface area contributed by atoms with Crippen molar-refractivity contribution in [2.75, 3.05) is 12.9 Å². The molecule has 230 valence electrons. The zero-order valence-corrected chi connectivity index (χ0v) is 26.5. The number of esters is 1. The molecule has 0 bridgehead atoms. The highest BCUT2D eigenvalue weighted by Gasteiger charge is 2.11. The van der Waals surface area contributed by atoms with E-state index in [0.29, 0.717) is 11.7 Å². The average Bonchev–Trinajstić information content (AvgIpc) is 3.67. The van der Waals surface area contributed by atoms with Crippen LogP contribution in [0.3, 0.4) is 0 Å². The average molecular weight is 660 g/mol. The number of nitrogens with zero attached hydrogens (tertiary/aromatic N) is 4. The Balaban J connectivity index is 0.000000179. The van der Waals surface area contributed by atoms with E-state index in [1.54, 1.807) is 36.3 Å². The number of fused-ring (bicyclic) bond motifs is 1. The lowest BCUT2D eigenvalue weighted by Crippen LogP contribution is -2.14. The Labute approximate surface area is 271 Å². The minimum Gasteiger partial charge on any atom is -0.469 e. The van der Waals surface area contributed by atoms with Crippen LogP contribution in [0.5, 0.6) is 0 Å². The number of H-pyrrole nitrogens is 3. The second-order valence-electron chi connectivity index (χ2n) is 8.96. The summed E-state index contributed by atoms with van der Waals surface area (Å²) in [4.78, 5) is 52.9. The van der Waals surface area contributed by atoms with Gasteiger partial charge in [-0.05, 0) is 48.5 Å². The molecule has 3 N–H and O–H groups in total. The topological polar surface area (TPSA) is 151 Å².